The lowest BCUT2D eigenvalue weighted by atomic mass is 10.3. The number of nitrogens with one attached hydrogen (secondary N) is 2. The highest BCUT2D eigenvalue weighted by Gasteiger charge is 2.19. The third-order valence-corrected chi connectivity index (χ3v) is 2.46. The van der Waals surface area contributed by atoms with E-state index in [0.717, 1.165) is 0 Å². The summed E-state index contributed by atoms with van der Waals surface area (Å²) in [6, 6.07) is -1.29. The molecule has 1 heterocycles. The third-order valence-electron chi connectivity index (χ3n) is 2.46. The van der Waals surface area contributed by atoms with E-state index in [4.69, 9.17) is 4.74 Å². The topological polar surface area (TPSA) is 102 Å². The fraction of sp³-hybridized carbons (Fsp3) is 0.500. The van der Waals surface area contributed by atoms with Gasteiger partial charge in [-0.05, 0) is 20.8 Å². The monoisotopic (exact) mass is 282 g/mol. The highest BCUT2D eigenvalue weighted by atomic mass is 16.5. The van der Waals surface area contributed by atoms with Crippen molar-refractivity contribution in [3.63, 3.8) is 0 Å². The maximum atomic E-state index is 11.8. The van der Waals surface area contributed by atoms with Crippen molar-refractivity contribution in [3.05, 3.63) is 18.0 Å². The van der Waals surface area contributed by atoms with Crippen LogP contribution in [-0.4, -0.2) is 40.8 Å². The summed E-state index contributed by atoms with van der Waals surface area (Å²) in [7, 11) is 0. The van der Waals surface area contributed by atoms with E-state index in [2.05, 4.69) is 15.7 Å². The molecule has 20 heavy (non-hydrogen) atoms. The van der Waals surface area contributed by atoms with Crippen LogP contribution in [0.2, 0.25) is 0 Å². The molecule has 2 N–H and O–H groups in total. The Morgan fingerprint density at radius 2 is 2.10 bits per heavy atom. The molecule has 0 saturated carbocycles. The number of rotatable bonds is 5. The number of ether oxygens (including phenoxy) is 1. The first kappa shape index (κ1) is 15.7. The van der Waals surface area contributed by atoms with Gasteiger partial charge < -0.3 is 10.1 Å². The Bertz CT molecular complexity index is 497. The minimum absolute atomic E-state index is 0.254. The Balaban J connectivity index is 2.67. The number of amides is 3. The molecule has 0 aliphatic rings. The fourth-order valence-electron chi connectivity index (χ4n) is 1.41. The Morgan fingerprint density at radius 3 is 2.70 bits per heavy atom. The van der Waals surface area contributed by atoms with Crippen LogP contribution in [-0.2, 0) is 9.53 Å². The van der Waals surface area contributed by atoms with Gasteiger partial charge in [0.1, 0.15) is 6.04 Å². The van der Waals surface area contributed by atoms with Crippen molar-refractivity contribution in [2.75, 3.05) is 13.2 Å². The third kappa shape index (κ3) is 4.08. The van der Waals surface area contributed by atoms with E-state index in [-0.39, 0.29) is 12.2 Å². The summed E-state index contributed by atoms with van der Waals surface area (Å²) in [4.78, 5) is 34.5. The van der Waals surface area contributed by atoms with Crippen molar-refractivity contribution in [1.29, 1.82) is 0 Å². The Hall–Kier alpha value is -2.38. The first-order valence-electron chi connectivity index (χ1n) is 6.29. The highest BCUT2D eigenvalue weighted by Crippen LogP contribution is 2.08. The molecule has 8 nitrogen and oxygen atoms in total. The number of carbonyl (C=O) groups excluding carboxylic acids is 3. The molecule has 3 amide bonds. The lowest BCUT2D eigenvalue weighted by molar-refractivity contribution is -0.123. The van der Waals surface area contributed by atoms with E-state index >= 15 is 0 Å². The minimum atomic E-state index is -0.721. The molecular weight excluding hydrogens is 264 g/mol. The molecule has 0 fully saturated rings. The summed E-state index contributed by atoms with van der Waals surface area (Å²) < 4.78 is 6.11. The molecule has 0 aliphatic heterocycles. The molecule has 0 spiro atoms. The SMILES string of the molecule is CCNC(=O)NC(=O)C(C)n1cc(C(=O)OCC)cn1. The molecule has 8 heteroatoms. The maximum Gasteiger partial charge on any atom is 0.341 e. The van der Waals surface area contributed by atoms with Crippen LogP contribution in [0.4, 0.5) is 4.79 Å². The standard InChI is InChI=1S/C12H18N4O4/c1-4-13-12(19)15-10(17)8(3)16-7-9(6-14-16)11(18)20-5-2/h6-8H,4-5H2,1-3H3,(H2,13,15,17,19). The van der Waals surface area contributed by atoms with Crippen molar-refractivity contribution in [2.24, 2.45) is 0 Å². The van der Waals surface area contributed by atoms with Gasteiger partial charge in [-0.15, -0.1) is 0 Å². The maximum absolute atomic E-state index is 11.8. The molecule has 1 atom stereocenters. The van der Waals surface area contributed by atoms with E-state index in [1.54, 1.807) is 20.8 Å². The number of carbonyl (C=O) groups is 3. The average molecular weight is 282 g/mol. The summed E-state index contributed by atoms with van der Waals surface area (Å²) in [5.41, 5.74) is 0.254. The first-order valence-corrected chi connectivity index (χ1v) is 6.29. The predicted octanol–water partition coefficient (Wildman–Crippen LogP) is 0.466. The summed E-state index contributed by atoms with van der Waals surface area (Å²) in [6.07, 6.45) is 2.72. The molecule has 0 aromatic carbocycles. The van der Waals surface area contributed by atoms with E-state index in [0.29, 0.717) is 6.54 Å². The molecule has 110 valence electrons. The van der Waals surface area contributed by atoms with Crippen LogP contribution in [0, 0.1) is 0 Å². The number of nitrogens with zero attached hydrogens (tertiary/aromatic N) is 2. The lowest BCUT2D eigenvalue weighted by Gasteiger charge is -2.11. The van der Waals surface area contributed by atoms with Gasteiger partial charge in [0.2, 0.25) is 0 Å². The second-order valence-corrected chi connectivity index (χ2v) is 3.95. The summed E-state index contributed by atoms with van der Waals surface area (Å²) in [5.74, 6) is -1.02. The number of imide groups is 1. The van der Waals surface area contributed by atoms with Crippen LogP contribution in [0.25, 0.3) is 0 Å². The van der Waals surface area contributed by atoms with Gasteiger partial charge in [0, 0.05) is 12.7 Å². The largest absolute Gasteiger partial charge is 0.462 e. The van der Waals surface area contributed by atoms with Gasteiger partial charge in [-0.25, -0.2) is 9.59 Å². The molecule has 0 bridgehead atoms. The van der Waals surface area contributed by atoms with Crippen LogP contribution in [0.15, 0.2) is 12.4 Å². The first-order chi connectivity index (χ1) is 9.49. The van der Waals surface area contributed by atoms with Crippen molar-refractivity contribution in [3.8, 4) is 0 Å². The average Bonchev–Trinajstić information content (AvgIpc) is 2.87. The zero-order chi connectivity index (χ0) is 15.1. The van der Waals surface area contributed by atoms with E-state index in [1.165, 1.54) is 17.1 Å². The van der Waals surface area contributed by atoms with Crippen LogP contribution < -0.4 is 10.6 Å². The van der Waals surface area contributed by atoms with Crippen LogP contribution >= 0.6 is 0 Å². The second-order valence-electron chi connectivity index (χ2n) is 3.95. The second kappa shape index (κ2) is 7.27. The molecule has 1 rings (SSSR count). The molecule has 1 unspecified atom stereocenters. The van der Waals surface area contributed by atoms with E-state index < -0.39 is 23.9 Å². The van der Waals surface area contributed by atoms with Gasteiger partial charge in [-0.1, -0.05) is 0 Å². The van der Waals surface area contributed by atoms with Gasteiger partial charge in [0.15, 0.2) is 0 Å². The molecule has 1 aromatic rings. The molecule has 0 radical (unpaired) electrons. The normalized spacial score (nSPS) is 11.6. The van der Waals surface area contributed by atoms with Crippen molar-refractivity contribution in [2.45, 2.75) is 26.8 Å². The van der Waals surface area contributed by atoms with Crippen molar-refractivity contribution >= 4 is 17.9 Å². The van der Waals surface area contributed by atoms with Crippen molar-refractivity contribution < 1.29 is 19.1 Å². The van der Waals surface area contributed by atoms with Crippen LogP contribution in [0.5, 0.6) is 0 Å². The van der Waals surface area contributed by atoms with Gasteiger partial charge in [-0.2, -0.15) is 5.10 Å². The fourth-order valence-corrected chi connectivity index (χ4v) is 1.41. The van der Waals surface area contributed by atoms with Crippen LogP contribution in [0.1, 0.15) is 37.2 Å². The number of aromatic nitrogens is 2. The molecule has 0 aliphatic carbocycles. The Labute approximate surface area is 116 Å². The van der Waals surface area contributed by atoms with Gasteiger partial charge in [-0.3, -0.25) is 14.8 Å². The minimum Gasteiger partial charge on any atom is -0.462 e. The van der Waals surface area contributed by atoms with E-state index in [1.807, 2.05) is 0 Å². The van der Waals surface area contributed by atoms with Crippen LogP contribution in [0.3, 0.4) is 0 Å². The molecular formula is C12H18N4O4. The molecule has 0 saturated heterocycles. The van der Waals surface area contributed by atoms with Crippen molar-refractivity contribution in [1.82, 2.24) is 20.4 Å². The number of urea groups is 1. The predicted molar refractivity (Wildman–Crippen MR) is 70.1 cm³/mol. The highest BCUT2D eigenvalue weighted by molar-refractivity contribution is 5.96. The summed E-state index contributed by atoms with van der Waals surface area (Å²) in [6.45, 7) is 5.69. The number of hydrogen-bond acceptors (Lipinski definition) is 5. The van der Waals surface area contributed by atoms with E-state index in [9.17, 15) is 14.4 Å². The summed E-state index contributed by atoms with van der Waals surface area (Å²) in [5, 5.41) is 8.54. The van der Waals surface area contributed by atoms with Gasteiger partial charge in [0.25, 0.3) is 5.91 Å². The number of esters is 1. The quantitative estimate of drug-likeness (QED) is 0.764. The number of hydrogen-bond donors (Lipinski definition) is 2. The van der Waals surface area contributed by atoms with Gasteiger partial charge in [0.05, 0.1) is 18.4 Å². The lowest BCUT2D eigenvalue weighted by Crippen LogP contribution is -2.42. The van der Waals surface area contributed by atoms with Gasteiger partial charge >= 0.3 is 12.0 Å². The molecule has 1 aromatic heterocycles. The Kier molecular flexibility index (Phi) is 5.70. The smallest absolute Gasteiger partial charge is 0.341 e. The summed E-state index contributed by atoms with van der Waals surface area (Å²) >= 11 is 0. The zero-order valence-corrected chi connectivity index (χ0v) is 11.7. The Morgan fingerprint density at radius 1 is 1.40 bits per heavy atom. The zero-order valence-electron chi connectivity index (χ0n) is 11.7.